The van der Waals surface area contributed by atoms with E-state index in [0.29, 0.717) is 23.9 Å². The van der Waals surface area contributed by atoms with Crippen molar-refractivity contribution < 1.29 is 9.53 Å². The Morgan fingerprint density at radius 2 is 2.04 bits per heavy atom. The molecule has 5 nitrogen and oxygen atoms in total. The molecule has 27 heavy (non-hydrogen) atoms. The van der Waals surface area contributed by atoms with E-state index in [9.17, 15) is 4.79 Å². The zero-order chi connectivity index (χ0) is 19.0. The number of carbonyl (C=O) groups excluding carboxylic acids is 1. The summed E-state index contributed by atoms with van der Waals surface area (Å²) in [4.78, 5) is 12.4. The van der Waals surface area contributed by atoms with Gasteiger partial charge in [-0.2, -0.15) is 5.10 Å². The number of nitrogens with zero attached hydrogens (tertiary/aromatic N) is 2. The molecule has 2 aromatic carbocycles. The first-order valence-electron chi connectivity index (χ1n) is 8.94. The van der Waals surface area contributed by atoms with Crippen LogP contribution in [-0.4, -0.2) is 22.3 Å². The molecule has 1 amide bonds. The average Bonchev–Trinajstić information content (AvgIpc) is 3.08. The normalized spacial score (nSPS) is 16.0. The van der Waals surface area contributed by atoms with Gasteiger partial charge < -0.3 is 10.1 Å². The highest BCUT2D eigenvalue weighted by Crippen LogP contribution is 2.39. The van der Waals surface area contributed by atoms with Gasteiger partial charge in [-0.1, -0.05) is 29.8 Å². The number of nitrogens with one attached hydrogen (secondary N) is 1. The van der Waals surface area contributed by atoms with Crippen LogP contribution in [0.4, 0.5) is 5.82 Å². The largest absolute Gasteiger partial charge is 0.494 e. The van der Waals surface area contributed by atoms with E-state index in [-0.39, 0.29) is 11.8 Å². The molecule has 1 unspecified atom stereocenters. The molecule has 0 saturated carbocycles. The third-order valence-electron chi connectivity index (χ3n) is 4.88. The highest BCUT2D eigenvalue weighted by atomic mass is 35.5. The fourth-order valence-corrected chi connectivity index (χ4v) is 3.66. The van der Waals surface area contributed by atoms with Gasteiger partial charge in [-0.05, 0) is 49.2 Å². The number of fused-ring (bicyclic) bond motifs is 1. The van der Waals surface area contributed by atoms with Crippen LogP contribution < -0.4 is 10.1 Å². The first-order valence-corrected chi connectivity index (χ1v) is 9.32. The van der Waals surface area contributed by atoms with Gasteiger partial charge in [0.1, 0.15) is 11.6 Å². The van der Waals surface area contributed by atoms with Crippen molar-refractivity contribution in [2.75, 3.05) is 11.9 Å². The van der Waals surface area contributed by atoms with Gasteiger partial charge in [0.15, 0.2) is 0 Å². The molecule has 1 aliphatic rings. The first kappa shape index (κ1) is 17.6. The van der Waals surface area contributed by atoms with E-state index in [4.69, 9.17) is 16.3 Å². The lowest BCUT2D eigenvalue weighted by atomic mass is 9.87. The molecule has 0 bridgehead atoms. The van der Waals surface area contributed by atoms with E-state index < -0.39 is 0 Å². The van der Waals surface area contributed by atoms with Crippen LogP contribution in [-0.2, 0) is 4.79 Å². The summed E-state index contributed by atoms with van der Waals surface area (Å²) in [7, 11) is 0. The summed E-state index contributed by atoms with van der Waals surface area (Å²) in [5, 5.41) is 8.19. The molecule has 4 rings (SSSR count). The smallest absolute Gasteiger partial charge is 0.226 e. The quantitative estimate of drug-likeness (QED) is 0.712. The third kappa shape index (κ3) is 3.19. The van der Waals surface area contributed by atoms with Crippen molar-refractivity contribution in [3.8, 4) is 11.4 Å². The van der Waals surface area contributed by atoms with Crippen molar-refractivity contribution in [3.05, 3.63) is 70.4 Å². The number of amides is 1. The predicted molar refractivity (Wildman–Crippen MR) is 106 cm³/mol. The maximum atomic E-state index is 12.4. The van der Waals surface area contributed by atoms with Crippen LogP contribution in [0.15, 0.2) is 48.7 Å². The van der Waals surface area contributed by atoms with Gasteiger partial charge >= 0.3 is 0 Å². The van der Waals surface area contributed by atoms with Gasteiger partial charge in [-0.15, -0.1) is 0 Å². The van der Waals surface area contributed by atoms with E-state index in [1.54, 1.807) is 4.68 Å². The Bertz CT molecular complexity index is 995. The molecule has 6 heteroatoms. The molecule has 1 atom stereocenters. The molecule has 0 spiro atoms. The zero-order valence-corrected chi connectivity index (χ0v) is 16.0. The lowest BCUT2D eigenvalue weighted by molar-refractivity contribution is -0.116. The van der Waals surface area contributed by atoms with E-state index in [0.717, 1.165) is 28.1 Å². The van der Waals surface area contributed by atoms with Crippen LogP contribution in [0.5, 0.6) is 5.75 Å². The molecule has 2 heterocycles. The molecular formula is C21H20ClN3O2. The average molecular weight is 382 g/mol. The molecule has 0 aliphatic carbocycles. The summed E-state index contributed by atoms with van der Waals surface area (Å²) in [5.41, 5.74) is 3.84. The Morgan fingerprint density at radius 1 is 1.26 bits per heavy atom. The van der Waals surface area contributed by atoms with Crippen LogP contribution in [0.25, 0.3) is 5.69 Å². The molecule has 1 aliphatic heterocycles. The molecule has 138 valence electrons. The lowest BCUT2D eigenvalue weighted by Crippen LogP contribution is -2.24. The predicted octanol–water partition coefficient (Wildman–Crippen LogP) is 4.71. The molecule has 0 fully saturated rings. The van der Waals surface area contributed by atoms with Crippen molar-refractivity contribution in [3.63, 3.8) is 0 Å². The minimum absolute atomic E-state index is 0.0252. The van der Waals surface area contributed by atoms with Gasteiger partial charge in [0.05, 0.1) is 18.5 Å². The van der Waals surface area contributed by atoms with Crippen molar-refractivity contribution in [1.82, 2.24) is 9.78 Å². The number of hydrogen-bond donors (Lipinski definition) is 1. The highest BCUT2D eigenvalue weighted by molar-refractivity contribution is 6.31. The van der Waals surface area contributed by atoms with Gasteiger partial charge in [0.25, 0.3) is 0 Å². The highest BCUT2D eigenvalue weighted by Gasteiger charge is 2.30. The van der Waals surface area contributed by atoms with Crippen molar-refractivity contribution in [2.45, 2.75) is 26.2 Å². The molecule has 1 N–H and O–H groups in total. The maximum Gasteiger partial charge on any atom is 0.226 e. The monoisotopic (exact) mass is 381 g/mol. The Balaban J connectivity index is 1.76. The van der Waals surface area contributed by atoms with Crippen molar-refractivity contribution >= 4 is 23.3 Å². The number of anilines is 1. The second-order valence-electron chi connectivity index (χ2n) is 6.55. The minimum atomic E-state index is -0.0438. The Hall–Kier alpha value is -2.79. The summed E-state index contributed by atoms with van der Waals surface area (Å²) < 4.78 is 7.28. The van der Waals surface area contributed by atoms with Crippen molar-refractivity contribution in [1.29, 1.82) is 0 Å². The molecular weight excluding hydrogens is 362 g/mol. The van der Waals surface area contributed by atoms with Crippen LogP contribution in [0, 0.1) is 6.92 Å². The van der Waals surface area contributed by atoms with Crippen molar-refractivity contribution in [2.24, 2.45) is 0 Å². The second-order valence-corrected chi connectivity index (χ2v) is 6.96. The number of rotatable bonds is 4. The van der Waals surface area contributed by atoms with Crippen LogP contribution in [0.2, 0.25) is 5.02 Å². The number of hydrogen-bond acceptors (Lipinski definition) is 3. The Morgan fingerprint density at radius 3 is 2.78 bits per heavy atom. The number of aromatic nitrogens is 2. The van der Waals surface area contributed by atoms with Gasteiger partial charge in [0, 0.05) is 22.9 Å². The molecule has 3 aromatic rings. The fraction of sp³-hybridized carbons (Fsp3) is 0.238. The van der Waals surface area contributed by atoms with Crippen LogP contribution >= 0.6 is 11.6 Å². The van der Waals surface area contributed by atoms with E-state index >= 15 is 0 Å². The minimum Gasteiger partial charge on any atom is -0.494 e. The summed E-state index contributed by atoms with van der Waals surface area (Å²) in [6, 6.07) is 13.6. The van der Waals surface area contributed by atoms with E-state index in [2.05, 4.69) is 10.4 Å². The standard InChI is InChI=1S/C21H20ClN3O2/c1-3-27-15-9-7-14(8-10-15)16-11-20(26)24-21-17(16)12-23-25(21)19-6-4-5-18(22)13(19)2/h4-10,12,16H,3,11H2,1-2H3,(H,24,26). The molecule has 1 aromatic heterocycles. The van der Waals surface area contributed by atoms with Gasteiger partial charge in [-0.25, -0.2) is 4.68 Å². The number of ether oxygens (including phenoxy) is 1. The maximum absolute atomic E-state index is 12.4. The third-order valence-corrected chi connectivity index (χ3v) is 5.29. The molecule has 0 radical (unpaired) electrons. The summed E-state index contributed by atoms with van der Waals surface area (Å²) in [6.07, 6.45) is 2.22. The van der Waals surface area contributed by atoms with E-state index in [1.807, 2.05) is 62.5 Å². The number of benzene rings is 2. The van der Waals surface area contributed by atoms with Gasteiger partial charge in [0.2, 0.25) is 5.91 Å². The van der Waals surface area contributed by atoms with Crippen LogP contribution in [0.3, 0.4) is 0 Å². The second kappa shape index (κ2) is 7.08. The fourth-order valence-electron chi connectivity index (χ4n) is 3.49. The van der Waals surface area contributed by atoms with Crippen LogP contribution in [0.1, 0.15) is 36.0 Å². The molecule has 0 saturated heterocycles. The topological polar surface area (TPSA) is 56.1 Å². The summed E-state index contributed by atoms with van der Waals surface area (Å²) in [5.74, 6) is 1.46. The summed E-state index contributed by atoms with van der Waals surface area (Å²) >= 11 is 6.27. The Kier molecular flexibility index (Phi) is 4.62. The van der Waals surface area contributed by atoms with E-state index in [1.165, 1.54) is 0 Å². The SMILES string of the molecule is CCOc1ccc(C2CC(=O)Nc3c2cnn3-c2cccc(Cl)c2C)cc1. The zero-order valence-electron chi connectivity index (χ0n) is 15.2. The first-order chi connectivity index (χ1) is 13.1. The lowest BCUT2D eigenvalue weighted by Gasteiger charge is -2.24. The van der Waals surface area contributed by atoms with Gasteiger partial charge in [-0.3, -0.25) is 4.79 Å². The number of carbonyl (C=O) groups is 1. The number of halogens is 1. The Labute approximate surface area is 162 Å². The summed E-state index contributed by atoms with van der Waals surface area (Å²) in [6.45, 7) is 4.53.